The van der Waals surface area contributed by atoms with Crippen molar-refractivity contribution >= 4 is 0 Å². The molecule has 0 aromatic heterocycles. The number of benzene rings is 1. The Bertz CT molecular complexity index is 394. The summed E-state index contributed by atoms with van der Waals surface area (Å²) in [6, 6.07) is 4.56. The van der Waals surface area contributed by atoms with Crippen LogP contribution in [0.25, 0.3) is 0 Å². The third-order valence-electron chi connectivity index (χ3n) is 3.36. The molecule has 3 unspecified atom stereocenters. The van der Waals surface area contributed by atoms with E-state index in [-0.39, 0.29) is 17.8 Å². The maximum atomic E-state index is 13.5. The van der Waals surface area contributed by atoms with Crippen molar-refractivity contribution in [3.8, 4) is 5.75 Å². The lowest BCUT2D eigenvalue weighted by atomic mass is 9.91. The molecular formula is C13H17FO3. The summed E-state index contributed by atoms with van der Waals surface area (Å²) in [6.07, 6.45) is 0.124. The van der Waals surface area contributed by atoms with Crippen LogP contribution in [0.4, 0.5) is 4.39 Å². The second kappa shape index (κ2) is 5.02. The normalized spacial score (nSPS) is 25.9. The van der Waals surface area contributed by atoms with Crippen LogP contribution in [0.15, 0.2) is 18.2 Å². The number of rotatable bonds is 3. The van der Waals surface area contributed by atoms with E-state index in [4.69, 9.17) is 9.47 Å². The highest BCUT2D eigenvalue weighted by atomic mass is 19.1. The van der Waals surface area contributed by atoms with Crippen molar-refractivity contribution in [1.29, 1.82) is 0 Å². The van der Waals surface area contributed by atoms with Gasteiger partial charge in [-0.25, -0.2) is 4.39 Å². The van der Waals surface area contributed by atoms with Gasteiger partial charge in [0.2, 0.25) is 0 Å². The highest BCUT2D eigenvalue weighted by Gasteiger charge is 2.31. The zero-order chi connectivity index (χ0) is 12.4. The Morgan fingerprint density at radius 2 is 2.29 bits per heavy atom. The van der Waals surface area contributed by atoms with E-state index in [1.54, 1.807) is 6.07 Å². The molecule has 3 nitrogen and oxygen atoms in total. The van der Waals surface area contributed by atoms with Crippen molar-refractivity contribution in [3.63, 3.8) is 0 Å². The first-order chi connectivity index (χ1) is 8.13. The maximum Gasteiger partial charge on any atom is 0.165 e. The number of hydrogen-bond donors (Lipinski definition) is 1. The van der Waals surface area contributed by atoms with Crippen LogP contribution < -0.4 is 4.74 Å². The molecule has 0 spiro atoms. The predicted molar refractivity (Wildman–Crippen MR) is 61.4 cm³/mol. The van der Waals surface area contributed by atoms with E-state index in [1.807, 2.05) is 6.92 Å². The predicted octanol–water partition coefficient (Wildman–Crippen LogP) is 2.29. The van der Waals surface area contributed by atoms with Crippen molar-refractivity contribution in [1.82, 2.24) is 0 Å². The van der Waals surface area contributed by atoms with Gasteiger partial charge >= 0.3 is 0 Å². The topological polar surface area (TPSA) is 38.7 Å². The maximum absolute atomic E-state index is 13.5. The van der Waals surface area contributed by atoms with Gasteiger partial charge in [0.1, 0.15) is 0 Å². The summed E-state index contributed by atoms with van der Waals surface area (Å²) in [4.78, 5) is 0. The average Bonchev–Trinajstić information content (AvgIpc) is 2.74. The highest BCUT2D eigenvalue weighted by Crippen LogP contribution is 2.34. The summed E-state index contributed by atoms with van der Waals surface area (Å²) >= 11 is 0. The quantitative estimate of drug-likeness (QED) is 0.881. The van der Waals surface area contributed by atoms with Crippen LogP contribution in [0.1, 0.15) is 25.0 Å². The van der Waals surface area contributed by atoms with E-state index in [2.05, 4.69) is 0 Å². The van der Waals surface area contributed by atoms with Gasteiger partial charge in [-0.3, -0.25) is 0 Å². The SMILES string of the molecule is COc1ccc(C(O)C2CCOC2C)cc1F. The fourth-order valence-electron chi connectivity index (χ4n) is 2.28. The van der Waals surface area contributed by atoms with E-state index in [1.165, 1.54) is 19.2 Å². The van der Waals surface area contributed by atoms with E-state index >= 15 is 0 Å². The standard InChI is InChI=1S/C13H17FO3/c1-8-10(5-6-17-8)13(15)9-3-4-12(16-2)11(14)7-9/h3-4,7-8,10,13,15H,5-6H2,1-2H3. The zero-order valence-electron chi connectivity index (χ0n) is 10.0. The van der Waals surface area contributed by atoms with E-state index in [0.717, 1.165) is 6.42 Å². The molecule has 1 aliphatic rings. The largest absolute Gasteiger partial charge is 0.494 e. The fourth-order valence-corrected chi connectivity index (χ4v) is 2.28. The Morgan fingerprint density at radius 1 is 1.53 bits per heavy atom. The van der Waals surface area contributed by atoms with Gasteiger partial charge < -0.3 is 14.6 Å². The van der Waals surface area contributed by atoms with Crippen LogP contribution in [0.5, 0.6) is 5.75 Å². The van der Waals surface area contributed by atoms with E-state index in [0.29, 0.717) is 12.2 Å². The highest BCUT2D eigenvalue weighted by molar-refractivity contribution is 5.30. The lowest BCUT2D eigenvalue weighted by Gasteiger charge is -2.21. The minimum absolute atomic E-state index is 0.00941. The summed E-state index contributed by atoms with van der Waals surface area (Å²) in [5.74, 6) is -0.227. The third-order valence-corrected chi connectivity index (χ3v) is 3.36. The molecule has 1 fully saturated rings. The number of aliphatic hydroxyl groups is 1. The zero-order valence-corrected chi connectivity index (χ0v) is 10.0. The molecule has 94 valence electrons. The van der Waals surface area contributed by atoms with Crippen LogP contribution in [0.3, 0.4) is 0 Å². The summed E-state index contributed by atoms with van der Waals surface area (Å²) < 4.78 is 23.8. The molecule has 2 rings (SSSR count). The molecule has 0 amide bonds. The van der Waals surface area contributed by atoms with Gasteiger partial charge in [-0.2, -0.15) is 0 Å². The average molecular weight is 240 g/mol. The van der Waals surface area contributed by atoms with Crippen LogP contribution in [-0.4, -0.2) is 24.9 Å². The van der Waals surface area contributed by atoms with Gasteiger partial charge in [-0.1, -0.05) is 6.07 Å². The number of aliphatic hydroxyl groups excluding tert-OH is 1. The van der Waals surface area contributed by atoms with Gasteiger partial charge in [0.05, 0.1) is 19.3 Å². The monoisotopic (exact) mass is 240 g/mol. The summed E-state index contributed by atoms with van der Waals surface area (Å²) in [5.41, 5.74) is 0.575. The molecule has 0 radical (unpaired) electrons. The smallest absolute Gasteiger partial charge is 0.165 e. The summed E-state index contributed by atoms with van der Waals surface area (Å²) in [7, 11) is 1.42. The van der Waals surface area contributed by atoms with Crippen molar-refractivity contribution in [3.05, 3.63) is 29.6 Å². The molecule has 1 aromatic rings. The second-order valence-electron chi connectivity index (χ2n) is 4.37. The van der Waals surface area contributed by atoms with Crippen LogP contribution in [0.2, 0.25) is 0 Å². The first-order valence-electron chi connectivity index (χ1n) is 5.76. The van der Waals surface area contributed by atoms with E-state index < -0.39 is 11.9 Å². The third kappa shape index (κ3) is 2.42. The van der Waals surface area contributed by atoms with E-state index in [9.17, 15) is 9.50 Å². The molecule has 1 aliphatic heterocycles. The van der Waals surface area contributed by atoms with Crippen molar-refractivity contribution in [2.24, 2.45) is 5.92 Å². The molecule has 1 N–H and O–H groups in total. The Morgan fingerprint density at radius 3 is 2.82 bits per heavy atom. The minimum atomic E-state index is -0.687. The molecule has 3 atom stereocenters. The van der Waals surface area contributed by atoms with Gasteiger partial charge in [0.25, 0.3) is 0 Å². The Balaban J connectivity index is 2.19. The van der Waals surface area contributed by atoms with Gasteiger partial charge in [-0.15, -0.1) is 0 Å². The van der Waals surface area contributed by atoms with Gasteiger partial charge in [0.15, 0.2) is 11.6 Å². The first kappa shape index (κ1) is 12.3. The molecule has 4 heteroatoms. The van der Waals surface area contributed by atoms with Crippen molar-refractivity contribution in [2.75, 3.05) is 13.7 Å². The Labute approximate surface area is 100 Å². The molecule has 1 aromatic carbocycles. The second-order valence-corrected chi connectivity index (χ2v) is 4.37. The van der Waals surface area contributed by atoms with Crippen molar-refractivity contribution in [2.45, 2.75) is 25.6 Å². The van der Waals surface area contributed by atoms with Crippen LogP contribution >= 0.6 is 0 Å². The Kier molecular flexibility index (Phi) is 3.64. The van der Waals surface area contributed by atoms with Gasteiger partial charge in [0, 0.05) is 12.5 Å². The number of ether oxygens (including phenoxy) is 2. The molecule has 0 aliphatic carbocycles. The minimum Gasteiger partial charge on any atom is -0.494 e. The van der Waals surface area contributed by atoms with Gasteiger partial charge in [-0.05, 0) is 31.0 Å². The van der Waals surface area contributed by atoms with Crippen molar-refractivity contribution < 1.29 is 19.0 Å². The first-order valence-corrected chi connectivity index (χ1v) is 5.76. The number of halogens is 1. The Hall–Kier alpha value is -1.13. The summed E-state index contributed by atoms with van der Waals surface area (Å²) in [5, 5.41) is 10.2. The number of methoxy groups -OCH3 is 1. The molecule has 1 heterocycles. The molecule has 17 heavy (non-hydrogen) atoms. The summed E-state index contributed by atoms with van der Waals surface area (Å²) in [6.45, 7) is 2.59. The molecule has 0 saturated carbocycles. The van der Waals surface area contributed by atoms with Crippen LogP contribution in [0, 0.1) is 11.7 Å². The number of hydrogen-bond acceptors (Lipinski definition) is 3. The lowest BCUT2D eigenvalue weighted by Crippen LogP contribution is -2.19. The molecule has 1 saturated heterocycles. The lowest BCUT2D eigenvalue weighted by molar-refractivity contribution is 0.0430. The van der Waals surface area contributed by atoms with Crippen LogP contribution in [-0.2, 0) is 4.74 Å². The fraction of sp³-hybridized carbons (Fsp3) is 0.538. The molecular weight excluding hydrogens is 223 g/mol. The molecule has 0 bridgehead atoms.